The van der Waals surface area contributed by atoms with Crippen LogP contribution in [-0.4, -0.2) is 36.1 Å². The highest BCUT2D eigenvalue weighted by Gasteiger charge is 2.33. The average molecular weight is 317 g/mol. The van der Waals surface area contributed by atoms with Gasteiger partial charge >= 0.3 is 12.1 Å². The number of carbonyl (C=O) groups is 2. The summed E-state index contributed by atoms with van der Waals surface area (Å²) in [6.45, 7) is 5.63. The van der Waals surface area contributed by atoms with Crippen molar-refractivity contribution in [2.24, 2.45) is 5.92 Å². The van der Waals surface area contributed by atoms with Crippen molar-refractivity contribution < 1.29 is 19.1 Å². The minimum absolute atomic E-state index is 0.124. The van der Waals surface area contributed by atoms with Crippen LogP contribution in [-0.2, 0) is 14.3 Å². The van der Waals surface area contributed by atoms with Crippen LogP contribution >= 0.6 is 12.6 Å². The van der Waals surface area contributed by atoms with Crippen molar-refractivity contribution in [2.75, 3.05) is 12.4 Å². The van der Waals surface area contributed by atoms with Crippen LogP contribution in [0.25, 0.3) is 0 Å². The Morgan fingerprint density at radius 1 is 1.24 bits per heavy atom. The molecule has 6 heteroatoms. The maximum atomic E-state index is 12.2. The highest BCUT2D eigenvalue weighted by Crippen LogP contribution is 2.27. The lowest BCUT2D eigenvalue weighted by Crippen LogP contribution is -2.49. The smallest absolute Gasteiger partial charge is 0.408 e. The van der Waals surface area contributed by atoms with Crippen molar-refractivity contribution in [3.63, 3.8) is 0 Å². The number of hydrogen-bond donors (Lipinski definition) is 2. The predicted molar refractivity (Wildman–Crippen MR) is 84.5 cm³/mol. The van der Waals surface area contributed by atoms with E-state index in [0.29, 0.717) is 5.75 Å². The van der Waals surface area contributed by atoms with Crippen LogP contribution in [0, 0.1) is 5.92 Å². The molecule has 0 aromatic rings. The molecule has 1 N–H and O–H groups in total. The van der Waals surface area contributed by atoms with Gasteiger partial charge in [-0.15, -0.1) is 0 Å². The van der Waals surface area contributed by atoms with Crippen LogP contribution in [0.15, 0.2) is 0 Å². The molecule has 0 aliphatic heterocycles. The lowest BCUT2D eigenvalue weighted by molar-refractivity contribution is -0.147. The van der Waals surface area contributed by atoms with Gasteiger partial charge in [-0.25, -0.2) is 9.59 Å². The minimum atomic E-state index is -0.625. The Labute approximate surface area is 132 Å². The molecule has 0 radical (unpaired) electrons. The summed E-state index contributed by atoms with van der Waals surface area (Å²) in [6, 6.07) is -0.625. The van der Waals surface area contributed by atoms with E-state index in [1.54, 1.807) is 20.8 Å². The summed E-state index contributed by atoms with van der Waals surface area (Å²) in [6.07, 6.45) is 4.63. The summed E-state index contributed by atoms with van der Waals surface area (Å²) in [5.41, 5.74) is -0.587. The van der Waals surface area contributed by atoms with Gasteiger partial charge in [0.25, 0.3) is 0 Å². The summed E-state index contributed by atoms with van der Waals surface area (Å²) in [5.74, 6) is 0.204. The van der Waals surface area contributed by atoms with Crippen molar-refractivity contribution in [3.8, 4) is 0 Å². The van der Waals surface area contributed by atoms with E-state index in [0.717, 1.165) is 25.7 Å². The number of thiol groups is 1. The first-order valence-electron chi connectivity index (χ1n) is 7.60. The molecule has 0 saturated heterocycles. The number of ether oxygens (including phenoxy) is 2. The van der Waals surface area contributed by atoms with E-state index in [1.807, 2.05) is 0 Å². The largest absolute Gasteiger partial charge is 0.463 e. The van der Waals surface area contributed by atoms with E-state index in [9.17, 15) is 9.59 Å². The van der Waals surface area contributed by atoms with Gasteiger partial charge in [-0.2, -0.15) is 12.6 Å². The van der Waals surface area contributed by atoms with Crippen LogP contribution < -0.4 is 5.32 Å². The second kappa shape index (κ2) is 8.51. The van der Waals surface area contributed by atoms with Crippen LogP contribution in [0.1, 0.15) is 52.9 Å². The molecule has 1 aliphatic carbocycles. The van der Waals surface area contributed by atoms with Crippen molar-refractivity contribution in [1.29, 1.82) is 0 Å². The Morgan fingerprint density at radius 3 is 2.38 bits per heavy atom. The third kappa shape index (κ3) is 7.07. The molecule has 1 rings (SSSR count). The molecule has 0 spiro atoms. The molecule has 1 fully saturated rings. The number of amides is 1. The Hall–Kier alpha value is -0.910. The molecule has 122 valence electrons. The van der Waals surface area contributed by atoms with Crippen molar-refractivity contribution in [3.05, 3.63) is 0 Å². The molecule has 1 amide bonds. The number of esters is 1. The zero-order chi connectivity index (χ0) is 15.9. The number of carbonyl (C=O) groups excluding carboxylic acids is 2. The highest BCUT2D eigenvalue weighted by molar-refractivity contribution is 7.80. The third-order valence-corrected chi connectivity index (χ3v) is 3.57. The maximum Gasteiger partial charge on any atom is 0.408 e. The minimum Gasteiger partial charge on any atom is -0.463 e. The fourth-order valence-corrected chi connectivity index (χ4v) is 2.60. The summed E-state index contributed by atoms with van der Waals surface area (Å²) >= 11 is 4.03. The molecule has 0 bridgehead atoms. The monoisotopic (exact) mass is 317 g/mol. The Bertz CT molecular complexity index is 348. The Kier molecular flexibility index (Phi) is 7.35. The standard InChI is InChI=1S/C15H27NO4S/c1-15(2,3)20-14(18)16-12(13(17)19-9-10-21)11-7-5-4-6-8-11/h11-12,21H,4-10H2,1-3H3,(H,16,18). The molecule has 1 aliphatic rings. The quantitative estimate of drug-likeness (QED) is 0.604. The molecule has 1 atom stereocenters. The van der Waals surface area contributed by atoms with Crippen molar-refractivity contribution in [2.45, 2.75) is 64.5 Å². The number of alkyl carbamates (subject to hydrolysis) is 1. The predicted octanol–water partition coefficient (Wildman–Crippen LogP) is 2.93. The fraction of sp³-hybridized carbons (Fsp3) is 0.867. The van der Waals surface area contributed by atoms with Gasteiger partial charge in [0.2, 0.25) is 0 Å². The van der Waals surface area contributed by atoms with E-state index in [2.05, 4.69) is 17.9 Å². The van der Waals surface area contributed by atoms with E-state index < -0.39 is 17.7 Å². The van der Waals surface area contributed by atoms with Gasteiger partial charge in [-0.05, 0) is 39.5 Å². The van der Waals surface area contributed by atoms with E-state index in [4.69, 9.17) is 9.47 Å². The third-order valence-electron chi connectivity index (χ3n) is 3.38. The van der Waals surface area contributed by atoms with Crippen LogP contribution in [0.3, 0.4) is 0 Å². The molecule has 1 unspecified atom stereocenters. The first-order valence-corrected chi connectivity index (χ1v) is 8.24. The second-order valence-electron chi connectivity index (χ2n) is 6.41. The molecular weight excluding hydrogens is 290 g/mol. The van der Waals surface area contributed by atoms with Crippen LogP contribution in [0.5, 0.6) is 0 Å². The maximum absolute atomic E-state index is 12.2. The van der Waals surface area contributed by atoms with Crippen LogP contribution in [0.2, 0.25) is 0 Å². The SMILES string of the molecule is CC(C)(C)OC(=O)NC(C(=O)OCCS)C1CCCCC1. The zero-order valence-electron chi connectivity index (χ0n) is 13.2. The molecule has 5 nitrogen and oxygen atoms in total. The lowest BCUT2D eigenvalue weighted by Gasteiger charge is -2.30. The summed E-state index contributed by atoms with van der Waals surface area (Å²) in [5, 5.41) is 2.69. The molecule has 0 heterocycles. The summed E-state index contributed by atoms with van der Waals surface area (Å²) in [7, 11) is 0. The van der Waals surface area contributed by atoms with Crippen molar-refractivity contribution >= 4 is 24.7 Å². The topological polar surface area (TPSA) is 64.6 Å². The number of hydrogen-bond acceptors (Lipinski definition) is 5. The Morgan fingerprint density at radius 2 is 1.86 bits per heavy atom. The molecule has 0 aromatic heterocycles. The Balaban J connectivity index is 2.66. The second-order valence-corrected chi connectivity index (χ2v) is 6.86. The average Bonchev–Trinajstić information content (AvgIpc) is 2.41. The molecule has 0 aromatic carbocycles. The van der Waals surface area contributed by atoms with Crippen molar-refractivity contribution in [1.82, 2.24) is 5.32 Å². The molecule has 21 heavy (non-hydrogen) atoms. The van der Waals surface area contributed by atoms with E-state index in [1.165, 1.54) is 6.42 Å². The number of rotatable bonds is 5. The summed E-state index contributed by atoms with van der Waals surface area (Å²) in [4.78, 5) is 24.1. The lowest BCUT2D eigenvalue weighted by atomic mass is 9.84. The first kappa shape index (κ1) is 18.1. The van der Waals surface area contributed by atoms with Gasteiger partial charge in [0.05, 0.1) is 0 Å². The number of nitrogens with one attached hydrogen (secondary N) is 1. The van der Waals surface area contributed by atoms with Gasteiger partial charge in [0, 0.05) is 5.75 Å². The van der Waals surface area contributed by atoms with Gasteiger partial charge < -0.3 is 14.8 Å². The molecule has 1 saturated carbocycles. The van der Waals surface area contributed by atoms with Gasteiger partial charge in [-0.1, -0.05) is 19.3 Å². The summed E-state index contributed by atoms with van der Waals surface area (Å²) < 4.78 is 10.4. The van der Waals surface area contributed by atoms with Gasteiger partial charge in [0.15, 0.2) is 0 Å². The van der Waals surface area contributed by atoms with Gasteiger partial charge in [0.1, 0.15) is 18.2 Å². The van der Waals surface area contributed by atoms with E-state index >= 15 is 0 Å². The van der Waals surface area contributed by atoms with Crippen LogP contribution in [0.4, 0.5) is 4.79 Å². The first-order chi connectivity index (χ1) is 9.83. The fourth-order valence-electron chi connectivity index (χ4n) is 2.51. The van der Waals surface area contributed by atoms with Gasteiger partial charge in [-0.3, -0.25) is 0 Å². The molecular formula is C15H27NO4S. The highest BCUT2D eigenvalue weighted by atomic mass is 32.1. The zero-order valence-corrected chi connectivity index (χ0v) is 14.1. The van der Waals surface area contributed by atoms with E-state index in [-0.39, 0.29) is 18.5 Å². The normalized spacial score (nSPS) is 17.9.